The van der Waals surface area contributed by atoms with Gasteiger partial charge in [-0.1, -0.05) is 12.1 Å². The van der Waals surface area contributed by atoms with Gasteiger partial charge in [0.2, 0.25) is 5.91 Å². The minimum atomic E-state index is -0.730. The molecule has 0 saturated heterocycles. The van der Waals surface area contributed by atoms with Gasteiger partial charge in [0, 0.05) is 9.77 Å². The molecule has 3 aromatic rings. The largest absolute Gasteiger partial charge is 0.454 e. The van der Waals surface area contributed by atoms with Crippen molar-refractivity contribution in [3.8, 4) is 0 Å². The molecule has 0 bridgehead atoms. The van der Waals surface area contributed by atoms with Crippen LogP contribution < -0.4 is 10.9 Å². The van der Waals surface area contributed by atoms with Crippen LogP contribution >= 0.6 is 23.1 Å². The van der Waals surface area contributed by atoms with Crippen molar-refractivity contribution in [2.24, 2.45) is 0 Å². The number of rotatable bonds is 4. The molecule has 0 aliphatic carbocycles. The third kappa shape index (κ3) is 3.79. The van der Waals surface area contributed by atoms with Gasteiger partial charge in [-0.15, -0.1) is 23.1 Å². The van der Waals surface area contributed by atoms with Crippen molar-refractivity contribution < 1.29 is 14.3 Å². The van der Waals surface area contributed by atoms with Crippen molar-refractivity contribution in [1.29, 1.82) is 0 Å². The number of aryl methyl sites for hydroxylation is 2. The average molecular weight is 430 g/mol. The Labute approximate surface area is 174 Å². The van der Waals surface area contributed by atoms with Gasteiger partial charge in [-0.05, 0) is 38.5 Å². The maximum atomic E-state index is 12.4. The van der Waals surface area contributed by atoms with E-state index in [-0.39, 0.29) is 17.9 Å². The number of aromatic amines is 1. The van der Waals surface area contributed by atoms with E-state index in [2.05, 4.69) is 15.3 Å². The summed E-state index contributed by atoms with van der Waals surface area (Å²) in [7, 11) is 0. The standard InChI is InChI=1S/C20H19N3O4S2/c1-9-11(3)28-20-16(9)19(26)22-17(23-20)10(2)27-15(24)8-14-18(25)21-12-6-4-5-7-13(12)29-14/h4-7,10,14H,8H2,1-3H3,(H,21,25)(H,22,23,26)/t10-,14+/m0/s1. The average Bonchev–Trinajstić information content (AvgIpc) is 2.96. The fourth-order valence-corrected chi connectivity index (χ4v) is 5.28. The summed E-state index contributed by atoms with van der Waals surface area (Å²) in [6.07, 6.45) is -0.801. The highest BCUT2D eigenvalue weighted by Crippen LogP contribution is 2.37. The number of amides is 1. The van der Waals surface area contributed by atoms with Crippen LogP contribution in [0, 0.1) is 13.8 Å². The monoisotopic (exact) mass is 429 g/mol. The normalized spacial score (nSPS) is 16.9. The first kappa shape index (κ1) is 19.7. The number of H-pyrrole nitrogens is 1. The third-order valence-electron chi connectivity index (χ3n) is 4.81. The van der Waals surface area contributed by atoms with Crippen LogP contribution in [0.4, 0.5) is 5.69 Å². The SMILES string of the molecule is Cc1sc2nc([C@H](C)OC(=O)C[C@H]3Sc4ccccc4NC3=O)[nH]c(=O)c2c1C. The molecule has 2 N–H and O–H groups in total. The number of carbonyl (C=O) groups is 2. The van der Waals surface area contributed by atoms with E-state index < -0.39 is 17.3 Å². The summed E-state index contributed by atoms with van der Waals surface area (Å²) in [5, 5.41) is 2.81. The lowest BCUT2D eigenvalue weighted by atomic mass is 10.2. The molecule has 7 nitrogen and oxygen atoms in total. The first-order chi connectivity index (χ1) is 13.8. The van der Waals surface area contributed by atoms with Crippen molar-refractivity contribution in [3.63, 3.8) is 0 Å². The van der Waals surface area contributed by atoms with Crippen molar-refractivity contribution >= 4 is 50.9 Å². The number of para-hydroxylation sites is 1. The second-order valence-electron chi connectivity index (χ2n) is 6.84. The molecule has 0 fully saturated rings. The number of ether oxygens (including phenoxy) is 1. The van der Waals surface area contributed by atoms with Crippen LogP contribution in [-0.4, -0.2) is 27.1 Å². The van der Waals surface area contributed by atoms with E-state index in [4.69, 9.17) is 4.74 Å². The number of carbonyl (C=O) groups excluding carboxylic acids is 2. The second-order valence-corrected chi connectivity index (χ2v) is 9.29. The van der Waals surface area contributed by atoms with E-state index >= 15 is 0 Å². The van der Waals surface area contributed by atoms with E-state index in [1.54, 1.807) is 6.92 Å². The molecule has 0 saturated carbocycles. The molecule has 150 valence electrons. The van der Waals surface area contributed by atoms with Crippen molar-refractivity contribution in [1.82, 2.24) is 9.97 Å². The molecule has 2 atom stereocenters. The zero-order chi connectivity index (χ0) is 20.7. The van der Waals surface area contributed by atoms with E-state index in [1.165, 1.54) is 23.1 Å². The summed E-state index contributed by atoms with van der Waals surface area (Å²) in [6.45, 7) is 5.48. The molecule has 0 unspecified atom stereocenters. The number of nitrogens with one attached hydrogen (secondary N) is 2. The summed E-state index contributed by atoms with van der Waals surface area (Å²) >= 11 is 2.78. The molecule has 1 aromatic carbocycles. The Bertz CT molecular complexity index is 1180. The van der Waals surface area contributed by atoms with E-state index in [0.29, 0.717) is 16.0 Å². The Hall–Kier alpha value is -2.65. The summed E-state index contributed by atoms with van der Waals surface area (Å²) in [6, 6.07) is 7.45. The Kier molecular flexibility index (Phi) is 5.18. The molecule has 0 radical (unpaired) electrons. The number of anilines is 1. The van der Waals surface area contributed by atoms with Gasteiger partial charge in [0.25, 0.3) is 5.56 Å². The highest BCUT2D eigenvalue weighted by molar-refractivity contribution is 8.01. The van der Waals surface area contributed by atoms with Crippen LogP contribution in [0.25, 0.3) is 10.2 Å². The molecule has 1 aliphatic rings. The van der Waals surface area contributed by atoms with Crippen molar-refractivity contribution in [3.05, 3.63) is 50.9 Å². The highest BCUT2D eigenvalue weighted by Gasteiger charge is 2.30. The van der Waals surface area contributed by atoms with Gasteiger partial charge >= 0.3 is 5.97 Å². The Morgan fingerprint density at radius 1 is 1.28 bits per heavy atom. The van der Waals surface area contributed by atoms with Crippen LogP contribution in [0.1, 0.15) is 35.7 Å². The van der Waals surface area contributed by atoms with E-state index in [9.17, 15) is 14.4 Å². The lowest BCUT2D eigenvalue weighted by molar-refractivity contribution is -0.149. The number of thioether (sulfide) groups is 1. The van der Waals surface area contributed by atoms with Gasteiger partial charge in [0.15, 0.2) is 11.9 Å². The van der Waals surface area contributed by atoms with Gasteiger partial charge in [-0.25, -0.2) is 4.98 Å². The number of benzene rings is 1. The number of hydrogen-bond donors (Lipinski definition) is 2. The van der Waals surface area contributed by atoms with Gasteiger partial charge < -0.3 is 15.0 Å². The quantitative estimate of drug-likeness (QED) is 0.613. The van der Waals surface area contributed by atoms with Gasteiger partial charge in [0.05, 0.1) is 22.7 Å². The summed E-state index contributed by atoms with van der Waals surface area (Å²) in [5.41, 5.74) is 1.42. The Balaban J connectivity index is 1.47. The number of aromatic nitrogens is 2. The molecule has 9 heteroatoms. The van der Waals surface area contributed by atoms with Crippen molar-refractivity contribution in [2.75, 3.05) is 5.32 Å². The summed E-state index contributed by atoms with van der Waals surface area (Å²) in [5.74, 6) is -0.454. The maximum absolute atomic E-state index is 12.4. The third-order valence-corrected chi connectivity index (χ3v) is 7.19. The number of nitrogens with zero attached hydrogens (tertiary/aromatic N) is 1. The molecule has 1 amide bonds. The molecular formula is C20H19N3O4S2. The van der Waals surface area contributed by atoms with Crippen LogP contribution in [0.2, 0.25) is 0 Å². The van der Waals surface area contributed by atoms with Crippen LogP contribution in [0.15, 0.2) is 34.0 Å². The molecule has 3 heterocycles. The number of thiophene rings is 1. The predicted octanol–water partition coefficient (Wildman–Crippen LogP) is 3.71. The highest BCUT2D eigenvalue weighted by atomic mass is 32.2. The van der Waals surface area contributed by atoms with Crippen LogP contribution in [-0.2, 0) is 14.3 Å². The summed E-state index contributed by atoms with van der Waals surface area (Å²) in [4.78, 5) is 46.9. The van der Waals surface area contributed by atoms with Crippen LogP contribution in [0.5, 0.6) is 0 Å². The predicted molar refractivity (Wildman–Crippen MR) is 114 cm³/mol. The first-order valence-corrected chi connectivity index (χ1v) is 10.8. The number of fused-ring (bicyclic) bond motifs is 2. The molecule has 1 aliphatic heterocycles. The molecule has 2 aromatic heterocycles. The zero-order valence-electron chi connectivity index (χ0n) is 16.1. The molecule has 0 spiro atoms. The van der Waals surface area contributed by atoms with Gasteiger partial charge in [-0.3, -0.25) is 14.4 Å². The van der Waals surface area contributed by atoms with E-state index in [1.807, 2.05) is 38.1 Å². The fourth-order valence-electron chi connectivity index (χ4n) is 3.14. The lowest BCUT2D eigenvalue weighted by Crippen LogP contribution is -2.31. The lowest BCUT2D eigenvalue weighted by Gasteiger charge is -2.23. The number of esters is 1. The first-order valence-electron chi connectivity index (χ1n) is 9.09. The van der Waals surface area contributed by atoms with E-state index in [0.717, 1.165) is 21.0 Å². The van der Waals surface area contributed by atoms with Gasteiger partial charge in [0.1, 0.15) is 4.83 Å². The minimum Gasteiger partial charge on any atom is -0.454 e. The van der Waals surface area contributed by atoms with Crippen LogP contribution in [0.3, 0.4) is 0 Å². The van der Waals surface area contributed by atoms with Gasteiger partial charge in [-0.2, -0.15) is 0 Å². The minimum absolute atomic E-state index is 0.0706. The molecule has 4 rings (SSSR count). The topological polar surface area (TPSA) is 101 Å². The smallest absolute Gasteiger partial charge is 0.308 e. The number of hydrogen-bond acceptors (Lipinski definition) is 7. The fraction of sp³-hybridized carbons (Fsp3) is 0.300. The zero-order valence-corrected chi connectivity index (χ0v) is 17.7. The molecule has 29 heavy (non-hydrogen) atoms. The second kappa shape index (κ2) is 7.64. The maximum Gasteiger partial charge on any atom is 0.308 e. The molecular weight excluding hydrogens is 410 g/mol. The Morgan fingerprint density at radius 2 is 2.03 bits per heavy atom. The Morgan fingerprint density at radius 3 is 2.83 bits per heavy atom. The summed E-state index contributed by atoms with van der Waals surface area (Å²) < 4.78 is 5.46. The van der Waals surface area contributed by atoms with Crippen molar-refractivity contribution in [2.45, 2.75) is 43.4 Å².